The van der Waals surface area contributed by atoms with Gasteiger partial charge >= 0.3 is 0 Å². The van der Waals surface area contributed by atoms with Crippen molar-refractivity contribution < 1.29 is 9.53 Å². The molecular weight excluding hydrogens is 322 g/mol. The number of aryl methyl sites for hydroxylation is 1. The highest BCUT2D eigenvalue weighted by atomic mass is 32.2. The van der Waals surface area contributed by atoms with Crippen LogP contribution in [-0.4, -0.2) is 41.7 Å². The van der Waals surface area contributed by atoms with Crippen LogP contribution in [0, 0.1) is 6.92 Å². The van der Waals surface area contributed by atoms with E-state index in [4.69, 9.17) is 4.74 Å². The maximum Gasteiger partial charge on any atom is 0.266 e. The first-order valence-electron chi connectivity index (χ1n) is 7.52. The van der Waals surface area contributed by atoms with E-state index in [2.05, 4.69) is 9.56 Å². The number of methoxy groups -OCH3 is 1. The van der Waals surface area contributed by atoms with Gasteiger partial charge in [0, 0.05) is 31.2 Å². The first-order valence-corrected chi connectivity index (χ1v) is 8.34. The van der Waals surface area contributed by atoms with Gasteiger partial charge in [0.25, 0.3) is 5.91 Å². The normalized spacial score (nSPS) is 18.0. The summed E-state index contributed by atoms with van der Waals surface area (Å²) in [6, 6.07) is 11.9. The van der Waals surface area contributed by atoms with E-state index in [1.807, 2.05) is 49.4 Å². The molecule has 0 aliphatic carbocycles. The predicted molar refractivity (Wildman–Crippen MR) is 98.8 cm³/mol. The maximum absolute atomic E-state index is 12.3. The van der Waals surface area contributed by atoms with E-state index in [0.29, 0.717) is 10.1 Å². The minimum absolute atomic E-state index is 0.0271. The molecule has 0 saturated carbocycles. The third-order valence-corrected chi connectivity index (χ3v) is 5.06. The largest absolute Gasteiger partial charge is 0.497 e. The van der Waals surface area contributed by atoms with Crippen molar-refractivity contribution in [2.45, 2.75) is 6.92 Å². The van der Waals surface area contributed by atoms with E-state index in [9.17, 15) is 4.79 Å². The summed E-state index contributed by atoms with van der Waals surface area (Å²) in [5.41, 5.74) is 3.08. The molecule has 2 heterocycles. The summed E-state index contributed by atoms with van der Waals surface area (Å²) in [6.07, 6.45) is 1.92. The second-order valence-corrected chi connectivity index (χ2v) is 6.42. The van der Waals surface area contributed by atoms with Crippen LogP contribution in [0.2, 0.25) is 0 Å². The standard InChI is InChI=1S/C18H19N3O2S/c1-12-5-6-14(11-16-17(22)20(3)18(19-2)24-16)21(12)13-7-9-15(23-4)10-8-13/h5-11H,1-4H3/b16-11-,19-18?. The van der Waals surface area contributed by atoms with Crippen molar-refractivity contribution in [1.29, 1.82) is 0 Å². The number of likely N-dealkylation sites (N-methyl/N-ethyl adjacent to an activating group) is 1. The first kappa shape index (κ1) is 16.4. The van der Waals surface area contributed by atoms with Gasteiger partial charge in [0.05, 0.1) is 12.0 Å². The van der Waals surface area contributed by atoms with Gasteiger partial charge in [0.15, 0.2) is 5.17 Å². The van der Waals surface area contributed by atoms with E-state index in [1.165, 1.54) is 11.8 Å². The topological polar surface area (TPSA) is 46.8 Å². The molecule has 0 unspecified atom stereocenters. The molecular formula is C18H19N3O2S. The van der Waals surface area contributed by atoms with Crippen molar-refractivity contribution in [3.05, 3.63) is 52.7 Å². The molecule has 0 radical (unpaired) electrons. The van der Waals surface area contributed by atoms with Crippen molar-refractivity contribution in [1.82, 2.24) is 9.47 Å². The molecule has 0 N–H and O–H groups in total. The van der Waals surface area contributed by atoms with Crippen LogP contribution in [-0.2, 0) is 4.79 Å². The smallest absolute Gasteiger partial charge is 0.266 e. The lowest BCUT2D eigenvalue weighted by molar-refractivity contribution is -0.121. The van der Waals surface area contributed by atoms with Gasteiger partial charge in [-0.1, -0.05) is 0 Å². The molecule has 6 heteroatoms. The van der Waals surface area contributed by atoms with Gasteiger partial charge in [0.2, 0.25) is 0 Å². The summed E-state index contributed by atoms with van der Waals surface area (Å²) in [5.74, 6) is 0.788. The molecule has 1 aromatic carbocycles. The third kappa shape index (κ3) is 2.85. The van der Waals surface area contributed by atoms with Crippen molar-refractivity contribution in [3.8, 4) is 11.4 Å². The van der Waals surface area contributed by atoms with Gasteiger partial charge in [-0.25, -0.2) is 0 Å². The molecule has 1 amide bonds. The molecule has 24 heavy (non-hydrogen) atoms. The zero-order chi connectivity index (χ0) is 17.3. The summed E-state index contributed by atoms with van der Waals surface area (Å²) in [4.78, 5) is 18.7. The Kier molecular flexibility index (Phi) is 4.49. The minimum atomic E-state index is -0.0271. The molecule has 2 aromatic rings. The number of rotatable bonds is 3. The Balaban J connectivity index is 2.02. The van der Waals surface area contributed by atoms with Gasteiger partial charge in [-0.15, -0.1) is 0 Å². The highest BCUT2D eigenvalue weighted by Gasteiger charge is 2.30. The Morgan fingerprint density at radius 1 is 1.17 bits per heavy atom. The fourth-order valence-electron chi connectivity index (χ4n) is 2.64. The number of carbonyl (C=O) groups is 1. The van der Waals surface area contributed by atoms with Crippen molar-refractivity contribution in [3.63, 3.8) is 0 Å². The van der Waals surface area contributed by atoms with Crippen LogP contribution >= 0.6 is 11.8 Å². The van der Waals surface area contributed by atoms with Gasteiger partial charge in [-0.2, -0.15) is 0 Å². The molecule has 3 rings (SSSR count). The fraction of sp³-hybridized carbons (Fsp3) is 0.222. The van der Waals surface area contributed by atoms with E-state index < -0.39 is 0 Å². The molecule has 0 bridgehead atoms. The van der Waals surface area contributed by atoms with Crippen LogP contribution in [0.1, 0.15) is 11.4 Å². The SMILES string of the molecule is CN=C1S/C(=C\c2ccc(C)n2-c2ccc(OC)cc2)C(=O)N1C. The molecule has 5 nitrogen and oxygen atoms in total. The quantitative estimate of drug-likeness (QED) is 0.805. The maximum atomic E-state index is 12.3. The van der Waals surface area contributed by atoms with Gasteiger partial charge in [-0.05, 0) is 61.2 Å². The van der Waals surface area contributed by atoms with Crippen LogP contribution in [0.3, 0.4) is 0 Å². The predicted octanol–water partition coefficient (Wildman–Crippen LogP) is 3.33. The Hall–Kier alpha value is -2.47. The van der Waals surface area contributed by atoms with Gasteiger partial charge < -0.3 is 9.30 Å². The van der Waals surface area contributed by atoms with Gasteiger partial charge in [-0.3, -0.25) is 14.7 Å². The number of benzene rings is 1. The highest BCUT2D eigenvalue weighted by molar-refractivity contribution is 8.18. The number of ether oxygens (including phenoxy) is 1. The Bertz CT molecular complexity index is 834. The monoisotopic (exact) mass is 341 g/mol. The summed E-state index contributed by atoms with van der Waals surface area (Å²) < 4.78 is 7.33. The van der Waals surface area contributed by atoms with Crippen molar-refractivity contribution in [2.75, 3.05) is 21.2 Å². The number of amides is 1. The van der Waals surface area contributed by atoms with Crippen molar-refractivity contribution >= 4 is 28.9 Å². The number of aromatic nitrogens is 1. The lowest BCUT2D eigenvalue weighted by Crippen LogP contribution is -2.23. The molecule has 1 aromatic heterocycles. The average molecular weight is 341 g/mol. The second-order valence-electron chi connectivity index (χ2n) is 5.41. The Morgan fingerprint density at radius 2 is 1.88 bits per heavy atom. The van der Waals surface area contributed by atoms with Gasteiger partial charge in [0.1, 0.15) is 5.75 Å². The number of hydrogen-bond acceptors (Lipinski definition) is 4. The summed E-state index contributed by atoms with van der Waals surface area (Å²) in [7, 11) is 5.09. The molecule has 0 spiro atoms. The highest BCUT2D eigenvalue weighted by Crippen LogP contribution is 2.32. The fourth-order valence-corrected chi connectivity index (χ4v) is 3.55. The third-order valence-electron chi connectivity index (χ3n) is 3.91. The summed E-state index contributed by atoms with van der Waals surface area (Å²) in [6.45, 7) is 2.04. The zero-order valence-electron chi connectivity index (χ0n) is 14.1. The first-order chi connectivity index (χ1) is 11.5. The number of nitrogens with zero attached hydrogens (tertiary/aromatic N) is 3. The molecule has 1 saturated heterocycles. The molecule has 0 atom stereocenters. The van der Waals surface area contributed by atoms with E-state index in [1.54, 1.807) is 26.1 Å². The van der Waals surface area contributed by atoms with Crippen LogP contribution < -0.4 is 4.74 Å². The lowest BCUT2D eigenvalue weighted by atomic mass is 10.2. The molecule has 1 aliphatic heterocycles. The van der Waals surface area contributed by atoms with Crippen LogP contribution in [0.4, 0.5) is 0 Å². The minimum Gasteiger partial charge on any atom is -0.497 e. The number of carbonyl (C=O) groups excluding carboxylic acids is 1. The number of thioether (sulfide) groups is 1. The molecule has 1 fully saturated rings. The van der Waals surface area contributed by atoms with Crippen LogP contribution in [0.5, 0.6) is 5.75 Å². The number of hydrogen-bond donors (Lipinski definition) is 0. The van der Waals surface area contributed by atoms with E-state index in [0.717, 1.165) is 22.8 Å². The average Bonchev–Trinajstić information content (AvgIpc) is 3.09. The second kappa shape index (κ2) is 6.57. The van der Waals surface area contributed by atoms with Crippen LogP contribution in [0.25, 0.3) is 11.8 Å². The van der Waals surface area contributed by atoms with Crippen molar-refractivity contribution in [2.24, 2.45) is 4.99 Å². The Morgan fingerprint density at radius 3 is 2.46 bits per heavy atom. The zero-order valence-corrected chi connectivity index (χ0v) is 14.9. The summed E-state index contributed by atoms with van der Waals surface area (Å²) in [5, 5.41) is 0.713. The summed E-state index contributed by atoms with van der Waals surface area (Å²) >= 11 is 1.40. The number of amidine groups is 1. The van der Waals surface area contributed by atoms with E-state index >= 15 is 0 Å². The molecule has 124 valence electrons. The lowest BCUT2D eigenvalue weighted by Gasteiger charge is -2.11. The Labute approximate surface area is 145 Å². The number of aliphatic imine (C=N–C) groups is 1. The van der Waals surface area contributed by atoms with Crippen LogP contribution in [0.15, 0.2) is 46.3 Å². The molecule has 1 aliphatic rings. The van der Waals surface area contributed by atoms with E-state index in [-0.39, 0.29) is 5.91 Å².